The molecule has 138 valence electrons. The lowest BCUT2D eigenvalue weighted by Crippen LogP contribution is -2.09. The van der Waals surface area contributed by atoms with Gasteiger partial charge in [-0.2, -0.15) is 0 Å². The van der Waals surface area contributed by atoms with Crippen LogP contribution in [0.1, 0.15) is 55.7 Å². The first-order chi connectivity index (χ1) is 12.5. The van der Waals surface area contributed by atoms with Crippen LogP contribution in [-0.4, -0.2) is 5.97 Å². The number of carbonyl (C=O) groups excluding carboxylic acids is 1. The average molecular weight is 421 g/mol. The molecule has 0 aliphatic heterocycles. The van der Waals surface area contributed by atoms with Crippen LogP contribution in [0.5, 0.6) is 11.5 Å². The molecule has 5 heteroatoms. The highest BCUT2D eigenvalue weighted by atomic mass is 79.9. The maximum atomic E-state index is 14.3. The molecular weight excluding hydrogens is 399 g/mol. The summed E-state index contributed by atoms with van der Waals surface area (Å²) in [4.78, 5) is 11.7. The summed E-state index contributed by atoms with van der Waals surface area (Å²) in [6.07, 6.45) is 3.18. The lowest BCUT2D eigenvalue weighted by molar-refractivity contribution is -0.134. The molecule has 1 saturated carbocycles. The minimum absolute atomic E-state index is 0.193. The molecule has 2 aromatic rings. The summed E-state index contributed by atoms with van der Waals surface area (Å²) in [7, 11) is 0. The van der Waals surface area contributed by atoms with Crippen molar-refractivity contribution in [2.45, 2.75) is 52.1 Å². The van der Waals surface area contributed by atoms with Gasteiger partial charge in [-0.1, -0.05) is 35.8 Å². The van der Waals surface area contributed by atoms with Gasteiger partial charge >= 0.3 is 5.97 Å². The average Bonchev–Trinajstić information content (AvgIpc) is 3.46. The van der Waals surface area contributed by atoms with Gasteiger partial charge in [0.1, 0.15) is 23.9 Å². The number of ether oxygens (including phenoxy) is 2. The van der Waals surface area contributed by atoms with Crippen molar-refractivity contribution >= 4 is 21.9 Å². The van der Waals surface area contributed by atoms with Crippen molar-refractivity contribution in [1.82, 2.24) is 0 Å². The molecule has 3 nitrogen and oxygen atoms in total. The first kappa shape index (κ1) is 18.9. The van der Waals surface area contributed by atoms with E-state index in [0.29, 0.717) is 30.3 Å². The molecule has 0 bridgehead atoms. The normalized spacial score (nSPS) is 13.5. The standard InChI is InChI=1S/C21H22BrFO3/c1-3-13-10-15(14-8-9-14)20(11-18(13)23)25-12-16-17(22)6-5-7-19(16)26-21(24)4-2/h5-7,10-11,14H,3-4,8-9,12H2,1-2H3. The zero-order valence-corrected chi connectivity index (χ0v) is 16.6. The molecule has 26 heavy (non-hydrogen) atoms. The van der Waals surface area contributed by atoms with Crippen LogP contribution in [0.15, 0.2) is 34.8 Å². The van der Waals surface area contributed by atoms with Crippen LogP contribution in [0, 0.1) is 5.82 Å². The molecule has 0 aromatic heterocycles. The number of rotatable bonds is 7. The molecule has 1 aliphatic rings. The summed E-state index contributed by atoms with van der Waals surface area (Å²) in [6.45, 7) is 3.89. The fourth-order valence-electron chi connectivity index (χ4n) is 2.85. The van der Waals surface area contributed by atoms with Gasteiger partial charge in [0.25, 0.3) is 0 Å². The lowest BCUT2D eigenvalue weighted by Gasteiger charge is -2.16. The van der Waals surface area contributed by atoms with Crippen LogP contribution in [0.2, 0.25) is 0 Å². The number of aryl methyl sites for hydroxylation is 1. The Hall–Kier alpha value is -1.88. The van der Waals surface area contributed by atoms with Crippen molar-refractivity contribution in [3.8, 4) is 11.5 Å². The molecule has 0 heterocycles. The molecule has 1 aliphatic carbocycles. The van der Waals surface area contributed by atoms with E-state index in [2.05, 4.69) is 15.9 Å². The van der Waals surface area contributed by atoms with Gasteiger partial charge in [-0.25, -0.2) is 4.39 Å². The highest BCUT2D eigenvalue weighted by Gasteiger charge is 2.28. The molecule has 0 spiro atoms. The monoisotopic (exact) mass is 420 g/mol. The van der Waals surface area contributed by atoms with E-state index in [9.17, 15) is 9.18 Å². The first-order valence-corrected chi connectivity index (χ1v) is 9.75. The van der Waals surface area contributed by atoms with E-state index < -0.39 is 0 Å². The zero-order valence-electron chi connectivity index (χ0n) is 15.0. The topological polar surface area (TPSA) is 35.5 Å². The molecular formula is C21H22BrFO3. The summed E-state index contributed by atoms with van der Waals surface area (Å²) in [5.74, 6) is 0.945. The Morgan fingerprint density at radius 3 is 2.65 bits per heavy atom. The number of halogens is 2. The first-order valence-electron chi connectivity index (χ1n) is 8.96. The van der Waals surface area contributed by atoms with Gasteiger partial charge in [-0.05, 0) is 54.5 Å². The maximum absolute atomic E-state index is 14.3. The molecule has 0 unspecified atom stereocenters. The fourth-order valence-corrected chi connectivity index (χ4v) is 3.31. The number of hydrogen-bond acceptors (Lipinski definition) is 3. The molecule has 0 radical (unpaired) electrons. The molecule has 3 rings (SSSR count). The molecule has 0 atom stereocenters. The van der Waals surface area contributed by atoms with Gasteiger partial charge < -0.3 is 9.47 Å². The van der Waals surface area contributed by atoms with Crippen LogP contribution < -0.4 is 9.47 Å². The highest BCUT2D eigenvalue weighted by Crippen LogP contribution is 2.45. The van der Waals surface area contributed by atoms with E-state index in [1.807, 2.05) is 19.1 Å². The van der Waals surface area contributed by atoms with Gasteiger partial charge in [0.2, 0.25) is 0 Å². The van der Waals surface area contributed by atoms with Crippen LogP contribution >= 0.6 is 15.9 Å². The summed E-state index contributed by atoms with van der Waals surface area (Å²) in [5.41, 5.74) is 2.52. The molecule has 0 saturated heterocycles. The minimum atomic E-state index is -0.304. The number of hydrogen-bond donors (Lipinski definition) is 0. The SMILES string of the molecule is CCC(=O)Oc1cccc(Br)c1COc1cc(F)c(CC)cc1C1CC1. The summed E-state index contributed by atoms with van der Waals surface area (Å²) >= 11 is 3.48. The van der Waals surface area contributed by atoms with E-state index in [1.165, 1.54) is 6.07 Å². The zero-order chi connectivity index (χ0) is 18.7. The quantitative estimate of drug-likeness (QED) is 0.411. The second-order valence-electron chi connectivity index (χ2n) is 6.44. The predicted octanol–water partition coefficient (Wildman–Crippen LogP) is 5.92. The van der Waals surface area contributed by atoms with Crippen molar-refractivity contribution in [3.05, 3.63) is 57.3 Å². The third-order valence-electron chi connectivity index (χ3n) is 4.54. The van der Waals surface area contributed by atoms with Crippen molar-refractivity contribution < 1.29 is 18.7 Å². The van der Waals surface area contributed by atoms with Gasteiger partial charge in [0.15, 0.2) is 0 Å². The van der Waals surface area contributed by atoms with Crippen molar-refractivity contribution in [1.29, 1.82) is 0 Å². The van der Waals surface area contributed by atoms with E-state index >= 15 is 0 Å². The summed E-state index contributed by atoms with van der Waals surface area (Å²) in [5, 5.41) is 0. The Bertz CT molecular complexity index is 815. The highest BCUT2D eigenvalue weighted by molar-refractivity contribution is 9.10. The van der Waals surface area contributed by atoms with Crippen molar-refractivity contribution in [2.75, 3.05) is 0 Å². The van der Waals surface area contributed by atoms with E-state index in [-0.39, 0.29) is 18.4 Å². The minimum Gasteiger partial charge on any atom is -0.488 e. The van der Waals surface area contributed by atoms with Gasteiger partial charge in [0, 0.05) is 22.5 Å². The second kappa shape index (κ2) is 8.21. The van der Waals surface area contributed by atoms with Crippen LogP contribution in [0.25, 0.3) is 0 Å². The Morgan fingerprint density at radius 2 is 2.00 bits per heavy atom. The summed E-state index contributed by atoms with van der Waals surface area (Å²) in [6, 6.07) is 8.82. The predicted molar refractivity (Wildman–Crippen MR) is 102 cm³/mol. The Kier molecular flexibility index (Phi) is 5.97. The molecule has 0 N–H and O–H groups in total. The van der Waals surface area contributed by atoms with Gasteiger partial charge in [-0.3, -0.25) is 4.79 Å². The lowest BCUT2D eigenvalue weighted by atomic mass is 10.0. The number of carbonyl (C=O) groups is 1. The molecule has 0 amide bonds. The van der Waals surface area contributed by atoms with E-state index in [0.717, 1.165) is 34.0 Å². The third-order valence-corrected chi connectivity index (χ3v) is 5.28. The van der Waals surface area contributed by atoms with E-state index in [4.69, 9.17) is 9.47 Å². The maximum Gasteiger partial charge on any atom is 0.310 e. The largest absolute Gasteiger partial charge is 0.488 e. The van der Waals surface area contributed by atoms with Crippen LogP contribution in [0.3, 0.4) is 0 Å². The van der Waals surface area contributed by atoms with Crippen LogP contribution in [-0.2, 0) is 17.8 Å². The Labute approximate surface area is 161 Å². The van der Waals surface area contributed by atoms with Gasteiger partial charge in [0.05, 0.1) is 0 Å². The molecule has 1 fully saturated rings. The summed E-state index contributed by atoms with van der Waals surface area (Å²) < 4.78 is 26.4. The Balaban J connectivity index is 1.85. The number of benzene rings is 2. The third kappa shape index (κ3) is 4.26. The fraction of sp³-hybridized carbons (Fsp3) is 0.381. The second-order valence-corrected chi connectivity index (χ2v) is 7.30. The Morgan fingerprint density at radius 1 is 1.23 bits per heavy atom. The van der Waals surface area contributed by atoms with Crippen molar-refractivity contribution in [2.24, 2.45) is 0 Å². The van der Waals surface area contributed by atoms with Crippen molar-refractivity contribution in [3.63, 3.8) is 0 Å². The smallest absolute Gasteiger partial charge is 0.310 e. The molecule has 2 aromatic carbocycles. The van der Waals surface area contributed by atoms with E-state index in [1.54, 1.807) is 19.1 Å². The van der Waals surface area contributed by atoms with Gasteiger partial charge in [-0.15, -0.1) is 0 Å². The number of esters is 1. The van der Waals surface area contributed by atoms with Crippen LogP contribution in [0.4, 0.5) is 4.39 Å².